The number of aryl methyl sites for hydroxylation is 2. The van der Waals surface area contributed by atoms with E-state index in [2.05, 4.69) is 6.92 Å². The predicted molar refractivity (Wildman–Crippen MR) is 124 cm³/mol. The summed E-state index contributed by atoms with van der Waals surface area (Å²) in [7, 11) is 0. The lowest BCUT2D eigenvalue weighted by molar-refractivity contribution is 0.00266. The molecule has 5 nitrogen and oxygen atoms in total. The number of urea groups is 1. The number of carbonyl (C=O) groups is 2. The van der Waals surface area contributed by atoms with Crippen LogP contribution in [-0.2, 0) is 6.42 Å². The Morgan fingerprint density at radius 3 is 2.59 bits per heavy atom. The van der Waals surface area contributed by atoms with Gasteiger partial charge in [0.1, 0.15) is 5.75 Å². The molecule has 1 saturated heterocycles. The van der Waals surface area contributed by atoms with Crippen molar-refractivity contribution in [2.24, 2.45) is 0 Å². The number of nitrogens with zero attached hydrogens (tertiary/aromatic N) is 2. The van der Waals surface area contributed by atoms with Crippen molar-refractivity contribution in [3.63, 3.8) is 0 Å². The largest absolute Gasteiger partial charge is 0.467 e. The van der Waals surface area contributed by atoms with Gasteiger partial charge in [-0.3, -0.25) is 14.6 Å². The molecular formula is C27H26N2O3. The van der Waals surface area contributed by atoms with Crippen LogP contribution in [0.4, 0.5) is 10.5 Å². The van der Waals surface area contributed by atoms with Gasteiger partial charge < -0.3 is 4.74 Å². The Kier molecular flexibility index (Phi) is 4.77. The fraction of sp³-hybridized carbons (Fsp3) is 0.259. The van der Waals surface area contributed by atoms with Gasteiger partial charge in [0.2, 0.25) is 0 Å². The summed E-state index contributed by atoms with van der Waals surface area (Å²) in [5, 5.41) is 0. The highest BCUT2D eigenvalue weighted by Gasteiger charge is 2.55. The summed E-state index contributed by atoms with van der Waals surface area (Å²) in [6.45, 7) is 5.91. The number of fused-ring (bicyclic) bond motifs is 4. The lowest BCUT2D eigenvalue weighted by atomic mass is 9.88. The molecule has 1 fully saturated rings. The van der Waals surface area contributed by atoms with Crippen molar-refractivity contribution in [1.82, 2.24) is 4.90 Å². The number of benzene rings is 3. The van der Waals surface area contributed by atoms with Crippen molar-refractivity contribution in [2.75, 3.05) is 4.90 Å². The van der Waals surface area contributed by atoms with Crippen LogP contribution >= 0.6 is 0 Å². The number of anilines is 1. The molecule has 2 heterocycles. The summed E-state index contributed by atoms with van der Waals surface area (Å²) in [5.41, 5.74) is 3.20. The Hall–Kier alpha value is -3.60. The molecule has 162 valence electrons. The molecule has 2 aliphatic rings. The van der Waals surface area contributed by atoms with Crippen LogP contribution in [0.2, 0.25) is 0 Å². The first-order chi connectivity index (χ1) is 15.4. The van der Waals surface area contributed by atoms with Gasteiger partial charge in [-0.2, -0.15) is 0 Å². The third-order valence-corrected chi connectivity index (χ3v) is 6.53. The molecule has 3 aromatic rings. The summed E-state index contributed by atoms with van der Waals surface area (Å²) in [6, 6.07) is 22.2. The maximum atomic E-state index is 14.0. The SMILES string of the molecule is CCc1cccc(N2C(=O)N(C(=O)c3ccccc3C)[C@@H]3C[C@]2(C)Oc2ccccc23)c1. The summed E-state index contributed by atoms with van der Waals surface area (Å²) in [6.07, 6.45) is 1.34. The smallest absolute Gasteiger partial charge is 0.335 e. The molecule has 5 rings (SSSR count). The fourth-order valence-electron chi connectivity index (χ4n) is 4.88. The second-order valence-corrected chi connectivity index (χ2v) is 8.67. The molecule has 0 aliphatic carbocycles. The number of ether oxygens (including phenoxy) is 1. The van der Waals surface area contributed by atoms with Gasteiger partial charge in [0, 0.05) is 23.2 Å². The van der Waals surface area contributed by atoms with Crippen LogP contribution in [0.25, 0.3) is 0 Å². The number of para-hydroxylation sites is 1. The van der Waals surface area contributed by atoms with E-state index in [-0.39, 0.29) is 11.9 Å². The second kappa shape index (κ2) is 7.52. The highest BCUT2D eigenvalue weighted by Crippen LogP contribution is 2.49. The van der Waals surface area contributed by atoms with Crippen LogP contribution in [0.3, 0.4) is 0 Å². The number of imide groups is 1. The zero-order valence-corrected chi connectivity index (χ0v) is 18.5. The van der Waals surface area contributed by atoms with Crippen LogP contribution in [-0.4, -0.2) is 22.6 Å². The van der Waals surface area contributed by atoms with Crippen molar-refractivity contribution in [2.45, 2.75) is 45.4 Å². The molecule has 5 heteroatoms. The first kappa shape index (κ1) is 20.3. The number of amides is 3. The maximum absolute atomic E-state index is 14.0. The van der Waals surface area contributed by atoms with Crippen molar-refractivity contribution in [3.8, 4) is 5.75 Å². The summed E-state index contributed by atoms with van der Waals surface area (Å²) >= 11 is 0. The van der Waals surface area contributed by atoms with Gasteiger partial charge in [-0.05, 0) is 55.7 Å². The minimum absolute atomic E-state index is 0.284. The highest BCUT2D eigenvalue weighted by atomic mass is 16.5. The molecular weight excluding hydrogens is 400 g/mol. The lowest BCUT2D eigenvalue weighted by Gasteiger charge is -2.53. The zero-order chi connectivity index (χ0) is 22.5. The first-order valence-electron chi connectivity index (χ1n) is 11.0. The third-order valence-electron chi connectivity index (χ3n) is 6.53. The van der Waals surface area contributed by atoms with Gasteiger partial charge in [-0.25, -0.2) is 4.79 Å². The topological polar surface area (TPSA) is 49.9 Å². The summed E-state index contributed by atoms with van der Waals surface area (Å²) < 4.78 is 6.43. The minimum Gasteiger partial charge on any atom is -0.467 e. The van der Waals surface area contributed by atoms with E-state index in [1.807, 2.05) is 80.6 Å². The van der Waals surface area contributed by atoms with E-state index in [1.165, 1.54) is 4.90 Å². The third kappa shape index (κ3) is 3.08. The molecule has 0 aromatic heterocycles. The molecule has 0 spiro atoms. The molecule has 0 saturated carbocycles. The number of hydrogen-bond acceptors (Lipinski definition) is 3. The zero-order valence-electron chi connectivity index (χ0n) is 18.5. The van der Waals surface area contributed by atoms with Gasteiger partial charge >= 0.3 is 6.03 Å². The molecule has 32 heavy (non-hydrogen) atoms. The van der Waals surface area contributed by atoms with Crippen LogP contribution in [0.15, 0.2) is 72.8 Å². The van der Waals surface area contributed by atoms with Crippen LogP contribution in [0.5, 0.6) is 5.75 Å². The average Bonchev–Trinajstić information content (AvgIpc) is 2.79. The number of hydrogen-bond donors (Lipinski definition) is 0. The Balaban J connectivity index is 1.69. The predicted octanol–water partition coefficient (Wildman–Crippen LogP) is 5.88. The molecule has 0 N–H and O–H groups in total. The second-order valence-electron chi connectivity index (χ2n) is 8.67. The van der Waals surface area contributed by atoms with E-state index < -0.39 is 11.8 Å². The number of rotatable bonds is 3. The van der Waals surface area contributed by atoms with Crippen molar-refractivity contribution in [1.29, 1.82) is 0 Å². The van der Waals surface area contributed by atoms with Gasteiger partial charge in [-0.15, -0.1) is 0 Å². The fourth-order valence-corrected chi connectivity index (χ4v) is 4.88. The van der Waals surface area contributed by atoms with Crippen molar-refractivity contribution in [3.05, 3.63) is 95.1 Å². The summed E-state index contributed by atoms with van der Waals surface area (Å²) in [5.74, 6) is 0.423. The molecule has 0 unspecified atom stereocenters. The Bertz CT molecular complexity index is 1220. The van der Waals surface area contributed by atoms with Crippen LogP contribution in [0.1, 0.15) is 53.4 Å². The minimum atomic E-state index is -0.898. The molecule has 2 atom stereocenters. The maximum Gasteiger partial charge on any atom is 0.335 e. The molecule has 0 radical (unpaired) electrons. The Labute approximate surface area is 188 Å². The molecule has 3 aromatic carbocycles. The molecule has 3 amide bonds. The van der Waals surface area contributed by atoms with E-state index in [9.17, 15) is 9.59 Å². The van der Waals surface area contributed by atoms with E-state index in [0.29, 0.717) is 17.7 Å². The monoisotopic (exact) mass is 426 g/mol. The standard InChI is InChI=1S/C27H26N2O3/c1-4-19-11-9-12-20(16-19)29-26(31)28(25(30)21-13-6-5-10-18(21)2)23-17-27(29,3)32-24-15-8-7-14-22(23)24/h5-16,23H,4,17H2,1-3H3/t23-,27+/m1/s1. The molecule has 2 aliphatic heterocycles. The number of carbonyl (C=O) groups excluding carboxylic acids is 2. The van der Waals surface area contributed by atoms with Crippen molar-refractivity contribution >= 4 is 17.6 Å². The van der Waals surface area contributed by atoms with E-state index in [0.717, 1.165) is 28.8 Å². The van der Waals surface area contributed by atoms with Gasteiger partial charge in [0.15, 0.2) is 5.72 Å². The highest BCUT2D eigenvalue weighted by molar-refractivity contribution is 6.11. The van der Waals surface area contributed by atoms with E-state index in [1.54, 1.807) is 11.0 Å². The Morgan fingerprint density at radius 2 is 1.81 bits per heavy atom. The van der Waals surface area contributed by atoms with E-state index in [4.69, 9.17) is 4.74 Å². The Morgan fingerprint density at radius 1 is 1.06 bits per heavy atom. The normalized spacial score (nSPS) is 21.7. The first-order valence-corrected chi connectivity index (χ1v) is 11.0. The quantitative estimate of drug-likeness (QED) is 0.525. The van der Waals surface area contributed by atoms with Gasteiger partial charge in [0.05, 0.1) is 6.04 Å². The van der Waals surface area contributed by atoms with Gasteiger partial charge in [0.25, 0.3) is 5.91 Å². The van der Waals surface area contributed by atoms with Crippen LogP contribution in [0, 0.1) is 6.92 Å². The summed E-state index contributed by atoms with van der Waals surface area (Å²) in [4.78, 5) is 30.9. The van der Waals surface area contributed by atoms with Crippen LogP contribution < -0.4 is 9.64 Å². The lowest BCUT2D eigenvalue weighted by Crippen LogP contribution is -2.67. The van der Waals surface area contributed by atoms with E-state index >= 15 is 0 Å². The average molecular weight is 427 g/mol. The molecule has 2 bridgehead atoms. The van der Waals surface area contributed by atoms with Crippen molar-refractivity contribution < 1.29 is 14.3 Å². The van der Waals surface area contributed by atoms with Gasteiger partial charge in [-0.1, -0.05) is 55.5 Å².